The Morgan fingerprint density at radius 1 is 1.32 bits per heavy atom. The molecule has 0 aliphatic rings. The molecule has 0 saturated carbocycles. The van der Waals surface area contributed by atoms with Crippen LogP contribution in [0.4, 0.5) is 0 Å². The number of esters is 1. The molecule has 6 heteroatoms. The molecule has 0 aliphatic heterocycles. The summed E-state index contributed by atoms with van der Waals surface area (Å²) in [7, 11) is 0. The Morgan fingerprint density at radius 2 is 2.16 bits per heavy atom. The molecule has 0 atom stereocenters. The molecule has 100 valence electrons. The molecule has 19 heavy (non-hydrogen) atoms. The average Bonchev–Trinajstić information content (AvgIpc) is 2.83. The van der Waals surface area contributed by atoms with Crippen molar-refractivity contribution in [1.29, 1.82) is 0 Å². The SMILES string of the molecule is O=C(OCCCn1ccccc1=O)c1ccc(Br)o1. The van der Waals surface area contributed by atoms with Crippen LogP contribution >= 0.6 is 15.9 Å². The van der Waals surface area contributed by atoms with Gasteiger partial charge in [-0.2, -0.15) is 0 Å². The van der Waals surface area contributed by atoms with Gasteiger partial charge in [-0.1, -0.05) is 6.07 Å². The lowest BCUT2D eigenvalue weighted by Crippen LogP contribution is -2.19. The summed E-state index contributed by atoms with van der Waals surface area (Å²) in [5, 5.41) is 0. The van der Waals surface area contributed by atoms with Crippen LogP contribution in [0.1, 0.15) is 17.0 Å². The first-order valence-electron chi connectivity index (χ1n) is 5.75. The molecule has 0 bridgehead atoms. The van der Waals surface area contributed by atoms with E-state index < -0.39 is 5.97 Å². The number of hydrogen-bond acceptors (Lipinski definition) is 4. The second-order valence-electron chi connectivity index (χ2n) is 3.83. The summed E-state index contributed by atoms with van der Waals surface area (Å²) in [6.45, 7) is 0.743. The van der Waals surface area contributed by atoms with Gasteiger partial charge in [-0.15, -0.1) is 0 Å². The number of carbonyl (C=O) groups excluding carboxylic acids is 1. The van der Waals surface area contributed by atoms with E-state index in [9.17, 15) is 9.59 Å². The van der Waals surface area contributed by atoms with Crippen molar-refractivity contribution in [3.8, 4) is 0 Å². The van der Waals surface area contributed by atoms with Crippen LogP contribution in [0.3, 0.4) is 0 Å². The minimum Gasteiger partial charge on any atom is -0.460 e. The number of carbonyl (C=O) groups is 1. The first-order chi connectivity index (χ1) is 9.16. The zero-order valence-corrected chi connectivity index (χ0v) is 11.6. The van der Waals surface area contributed by atoms with Crippen molar-refractivity contribution >= 4 is 21.9 Å². The van der Waals surface area contributed by atoms with Crippen molar-refractivity contribution in [2.45, 2.75) is 13.0 Å². The van der Waals surface area contributed by atoms with E-state index in [4.69, 9.17) is 9.15 Å². The zero-order valence-electron chi connectivity index (χ0n) is 10.0. The predicted molar refractivity (Wildman–Crippen MR) is 72.0 cm³/mol. The van der Waals surface area contributed by atoms with E-state index in [2.05, 4.69) is 15.9 Å². The molecule has 5 nitrogen and oxygen atoms in total. The molecule has 0 aromatic carbocycles. The second-order valence-corrected chi connectivity index (χ2v) is 4.61. The summed E-state index contributed by atoms with van der Waals surface area (Å²) < 4.78 is 12.1. The van der Waals surface area contributed by atoms with Crippen LogP contribution in [0, 0.1) is 0 Å². The van der Waals surface area contributed by atoms with E-state index in [0.717, 1.165) is 0 Å². The van der Waals surface area contributed by atoms with Gasteiger partial charge < -0.3 is 13.7 Å². The van der Waals surface area contributed by atoms with Gasteiger partial charge in [0.2, 0.25) is 11.3 Å². The Balaban J connectivity index is 1.77. The highest BCUT2D eigenvalue weighted by molar-refractivity contribution is 9.10. The van der Waals surface area contributed by atoms with Gasteiger partial charge >= 0.3 is 5.97 Å². The number of nitrogens with zero attached hydrogens (tertiary/aromatic N) is 1. The van der Waals surface area contributed by atoms with E-state index >= 15 is 0 Å². The highest BCUT2D eigenvalue weighted by Crippen LogP contribution is 2.14. The Labute approximate surface area is 117 Å². The van der Waals surface area contributed by atoms with Gasteiger partial charge in [0, 0.05) is 18.8 Å². The number of aromatic nitrogens is 1. The molecule has 2 heterocycles. The fourth-order valence-electron chi connectivity index (χ4n) is 1.54. The molecule has 0 aliphatic carbocycles. The molecule has 2 rings (SSSR count). The highest BCUT2D eigenvalue weighted by atomic mass is 79.9. The van der Waals surface area contributed by atoms with Crippen molar-refractivity contribution in [3.63, 3.8) is 0 Å². The van der Waals surface area contributed by atoms with Crippen LogP contribution in [-0.2, 0) is 11.3 Å². The summed E-state index contributed by atoms with van der Waals surface area (Å²) >= 11 is 3.11. The molecule has 0 amide bonds. The summed E-state index contributed by atoms with van der Waals surface area (Å²) in [6.07, 6.45) is 2.27. The largest absolute Gasteiger partial charge is 0.460 e. The summed E-state index contributed by atoms with van der Waals surface area (Å²) in [6, 6.07) is 8.13. The number of hydrogen-bond donors (Lipinski definition) is 0. The molecule has 2 aromatic heterocycles. The van der Waals surface area contributed by atoms with Gasteiger partial charge in [-0.05, 0) is 40.5 Å². The van der Waals surface area contributed by atoms with E-state index in [0.29, 0.717) is 17.6 Å². The maximum Gasteiger partial charge on any atom is 0.374 e. The predicted octanol–water partition coefficient (Wildman–Crippen LogP) is 2.45. The Morgan fingerprint density at radius 3 is 2.84 bits per heavy atom. The monoisotopic (exact) mass is 325 g/mol. The number of rotatable bonds is 5. The lowest BCUT2D eigenvalue weighted by atomic mass is 10.4. The van der Waals surface area contributed by atoms with Gasteiger partial charge in [-0.3, -0.25) is 4.79 Å². The number of furan rings is 1. The summed E-state index contributed by atoms with van der Waals surface area (Å²) in [5.74, 6) is -0.352. The molecule has 0 unspecified atom stereocenters. The molecular weight excluding hydrogens is 314 g/mol. The standard InChI is InChI=1S/C13H12BrNO4/c14-11-6-5-10(19-11)13(17)18-9-3-8-15-7-2-1-4-12(15)16/h1-2,4-7H,3,8-9H2. The smallest absolute Gasteiger partial charge is 0.374 e. The van der Waals surface area contributed by atoms with Crippen LogP contribution < -0.4 is 5.56 Å². The quantitative estimate of drug-likeness (QED) is 0.625. The molecule has 0 spiro atoms. The van der Waals surface area contributed by atoms with Gasteiger partial charge in [0.15, 0.2) is 4.67 Å². The molecule has 0 radical (unpaired) electrons. The fraction of sp³-hybridized carbons (Fsp3) is 0.231. The first-order valence-corrected chi connectivity index (χ1v) is 6.54. The minimum atomic E-state index is -0.508. The average molecular weight is 326 g/mol. The first kappa shape index (κ1) is 13.6. The maximum atomic E-state index is 11.5. The van der Waals surface area contributed by atoms with Crippen LogP contribution in [-0.4, -0.2) is 17.1 Å². The summed E-state index contributed by atoms with van der Waals surface area (Å²) in [4.78, 5) is 22.9. The topological polar surface area (TPSA) is 61.4 Å². The fourth-order valence-corrected chi connectivity index (χ4v) is 1.85. The van der Waals surface area contributed by atoms with Crippen LogP contribution in [0.15, 0.2) is 50.4 Å². The van der Waals surface area contributed by atoms with Crippen molar-refractivity contribution in [1.82, 2.24) is 4.57 Å². The minimum absolute atomic E-state index is 0.0659. The molecule has 0 saturated heterocycles. The molecule has 0 N–H and O–H groups in total. The maximum absolute atomic E-state index is 11.5. The van der Waals surface area contributed by atoms with E-state index in [1.54, 1.807) is 29.0 Å². The Hall–Kier alpha value is -1.82. The number of ether oxygens (including phenoxy) is 1. The molecule has 0 fully saturated rings. The number of pyridine rings is 1. The zero-order chi connectivity index (χ0) is 13.7. The van der Waals surface area contributed by atoms with Gasteiger partial charge in [0.25, 0.3) is 0 Å². The Bertz CT molecular complexity index is 617. The lowest BCUT2D eigenvalue weighted by Gasteiger charge is -2.05. The highest BCUT2D eigenvalue weighted by Gasteiger charge is 2.11. The number of aryl methyl sites for hydroxylation is 1. The van der Waals surface area contributed by atoms with Gasteiger partial charge in [0.1, 0.15) is 0 Å². The van der Waals surface area contributed by atoms with E-state index in [1.807, 2.05) is 0 Å². The third kappa shape index (κ3) is 3.82. The molecule has 2 aromatic rings. The van der Waals surface area contributed by atoms with Crippen LogP contribution in [0.2, 0.25) is 0 Å². The van der Waals surface area contributed by atoms with Crippen LogP contribution in [0.5, 0.6) is 0 Å². The van der Waals surface area contributed by atoms with Crippen molar-refractivity contribution in [3.05, 3.63) is 57.3 Å². The second kappa shape index (κ2) is 6.38. The molecular formula is C13H12BrNO4. The number of halogens is 1. The summed E-state index contributed by atoms with van der Waals surface area (Å²) in [5.41, 5.74) is -0.0659. The van der Waals surface area contributed by atoms with Crippen molar-refractivity contribution in [2.24, 2.45) is 0 Å². The van der Waals surface area contributed by atoms with Gasteiger partial charge in [0.05, 0.1) is 6.61 Å². The van der Waals surface area contributed by atoms with E-state index in [1.165, 1.54) is 12.1 Å². The normalized spacial score (nSPS) is 10.4. The Kier molecular flexibility index (Phi) is 4.57. The van der Waals surface area contributed by atoms with Crippen molar-refractivity contribution in [2.75, 3.05) is 6.61 Å². The lowest BCUT2D eigenvalue weighted by molar-refractivity contribution is 0.0458. The third-order valence-corrected chi connectivity index (χ3v) is 2.88. The van der Waals surface area contributed by atoms with Gasteiger partial charge in [-0.25, -0.2) is 4.79 Å². The third-order valence-electron chi connectivity index (χ3n) is 2.45. The van der Waals surface area contributed by atoms with Crippen molar-refractivity contribution < 1.29 is 13.9 Å². The van der Waals surface area contributed by atoms with Crippen LogP contribution in [0.25, 0.3) is 0 Å². The van der Waals surface area contributed by atoms with E-state index in [-0.39, 0.29) is 17.9 Å².